The van der Waals surface area contributed by atoms with E-state index in [1.807, 2.05) is 24.3 Å². The third-order valence-electron chi connectivity index (χ3n) is 3.49. The van der Waals surface area contributed by atoms with Crippen LogP contribution in [0, 0.1) is 0 Å². The summed E-state index contributed by atoms with van der Waals surface area (Å²) in [6.07, 6.45) is 1.56. The molecule has 0 radical (unpaired) electrons. The summed E-state index contributed by atoms with van der Waals surface area (Å²) in [6, 6.07) is 7.63. The lowest BCUT2D eigenvalue weighted by Crippen LogP contribution is -2.35. The Labute approximate surface area is 148 Å². The maximum absolute atomic E-state index is 12.5. The molecule has 8 nitrogen and oxygen atoms in total. The van der Waals surface area contributed by atoms with Crippen molar-refractivity contribution in [2.24, 2.45) is 7.05 Å². The van der Waals surface area contributed by atoms with E-state index in [4.69, 9.17) is 4.74 Å². The van der Waals surface area contributed by atoms with E-state index >= 15 is 0 Å². The van der Waals surface area contributed by atoms with Gasteiger partial charge >= 0.3 is 0 Å². The van der Waals surface area contributed by atoms with Gasteiger partial charge in [-0.2, -0.15) is 0 Å². The van der Waals surface area contributed by atoms with Crippen LogP contribution in [0.2, 0.25) is 0 Å². The van der Waals surface area contributed by atoms with Crippen LogP contribution in [0.4, 0.5) is 5.13 Å². The van der Waals surface area contributed by atoms with Gasteiger partial charge in [0, 0.05) is 20.3 Å². The normalized spacial score (nSPS) is 10.7. The van der Waals surface area contributed by atoms with E-state index in [9.17, 15) is 9.59 Å². The molecule has 1 N–H and O–H groups in total. The van der Waals surface area contributed by atoms with E-state index in [1.54, 1.807) is 20.3 Å². The molecule has 130 valence electrons. The van der Waals surface area contributed by atoms with Crippen molar-refractivity contribution in [3.8, 4) is 5.88 Å². The maximum atomic E-state index is 12.5. The summed E-state index contributed by atoms with van der Waals surface area (Å²) in [6.45, 7) is -0.104. The average molecular weight is 359 g/mol. The first kappa shape index (κ1) is 16.9. The predicted octanol–water partition coefficient (Wildman–Crippen LogP) is 1.75. The summed E-state index contributed by atoms with van der Waals surface area (Å²) in [5.41, 5.74) is 1.13. The summed E-state index contributed by atoms with van der Waals surface area (Å²) in [5, 5.41) is 7.27. The molecule has 0 saturated heterocycles. The molecule has 0 aliphatic rings. The van der Waals surface area contributed by atoms with Crippen molar-refractivity contribution < 1.29 is 14.3 Å². The van der Waals surface area contributed by atoms with Gasteiger partial charge in [0.15, 0.2) is 5.13 Å². The van der Waals surface area contributed by atoms with Crippen LogP contribution in [0.1, 0.15) is 10.4 Å². The van der Waals surface area contributed by atoms with Gasteiger partial charge in [-0.1, -0.05) is 23.5 Å². The van der Waals surface area contributed by atoms with Crippen LogP contribution in [-0.4, -0.2) is 52.2 Å². The third kappa shape index (κ3) is 3.61. The number of likely N-dealkylation sites (N-methyl/N-ethyl adjacent to an activating group) is 1. The summed E-state index contributed by atoms with van der Waals surface area (Å²) in [4.78, 5) is 30.3. The van der Waals surface area contributed by atoms with Crippen LogP contribution >= 0.6 is 11.3 Å². The van der Waals surface area contributed by atoms with E-state index in [1.165, 1.54) is 28.0 Å². The van der Waals surface area contributed by atoms with Crippen LogP contribution < -0.4 is 10.1 Å². The summed E-state index contributed by atoms with van der Waals surface area (Å²) < 4.78 is 7.56. The van der Waals surface area contributed by atoms with Gasteiger partial charge in [-0.3, -0.25) is 14.3 Å². The Balaban J connectivity index is 1.66. The predicted molar refractivity (Wildman–Crippen MR) is 95.0 cm³/mol. The highest BCUT2D eigenvalue weighted by Gasteiger charge is 2.22. The van der Waals surface area contributed by atoms with Gasteiger partial charge < -0.3 is 15.0 Å². The molecule has 25 heavy (non-hydrogen) atoms. The van der Waals surface area contributed by atoms with Crippen LogP contribution in [0.25, 0.3) is 10.2 Å². The first-order valence-corrected chi connectivity index (χ1v) is 8.28. The Bertz CT molecular complexity index is 900. The number of benzene rings is 1. The van der Waals surface area contributed by atoms with Crippen molar-refractivity contribution in [1.82, 2.24) is 19.7 Å². The molecule has 0 aliphatic carbocycles. The highest BCUT2D eigenvalue weighted by molar-refractivity contribution is 7.22. The fourth-order valence-electron chi connectivity index (χ4n) is 2.34. The van der Waals surface area contributed by atoms with E-state index in [2.05, 4.69) is 15.4 Å². The molecule has 0 saturated carbocycles. The lowest BCUT2D eigenvalue weighted by Gasteiger charge is -2.15. The number of carbonyl (C=O) groups is 2. The largest absolute Gasteiger partial charge is 0.479 e. The first-order chi connectivity index (χ1) is 12.0. The molecule has 0 bridgehead atoms. The number of para-hydroxylation sites is 1. The molecular formula is C16H17N5O3S. The Hall–Kier alpha value is -2.94. The van der Waals surface area contributed by atoms with Crippen molar-refractivity contribution >= 4 is 38.5 Å². The molecule has 0 aliphatic heterocycles. The topological polar surface area (TPSA) is 89.4 Å². The molecule has 2 heterocycles. The Morgan fingerprint density at radius 1 is 1.36 bits per heavy atom. The zero-order chi connectivity index (χ0) is 18.0. The van der Waals surface area contributed by atoms with Gasteiger partial charge in [0.1, 0.15) is 5.56 Å². The van der Waals surface area contributed by atoms with Gasteiger partial charge in [0.25, 0.3) is 5.91 Å². The second-order valence-electron chi connectivity index (χ2n) is 5.42. The van der Waals surface area contributed by atoms with Crippen LogP contribution in [0.5, 0.6) is 5.88 Å². The van der Waals surface area contributed by atoms with Crippen molar-refractivity contribution in [1.29, 1.82) is 0 Å². The molecule has 0 spiro atoms. The number of anilines is 1. The third-order valence-corrected chi connectivity index (χ3v) is 4.44. The minimum Gasteiger partial charge on any atom is -0.479 e. The smallest absolute Gasteiger partial charge is 0.261 e. The Kier molecular flexibility index (Phi) is 4.66. The number of nitrogens with one attached hydrogen (secondary N) is 1. The second-order valence-corrected chi connectivity index (χ2v) is 6.45. The summed E-state index contributed by atoms with van der Waals surface area (Å²) in [5.74, 6) is -0.437. The number of fused-ring (bicyclic) bond motifs is 1. The molecule has 2 amide bonds. The number of methoxy groups -OCH3 is 1. The Morgan fingerprint density at radius 2 is 2.12 bits per heavy atom. The molecule has 3 aromatic rings. The van der Waals surface area contributed by atoms with Crippen LogP contribution in [-0.2, 0) is 11.8 Å². The molecule has 0 fully saturated rings. The number of ether oxygens (including phenoxy) is 1. The number of rotatable bonds is 5. The molecule has 0 atom stereocenters. The summed E-state index contributed by atoms with van der Waals surface area (Å²) >= 11 is 1.39. The Morgan fingerprint density at radius 3 is 2.84 bits per heavy atom. The highest BCUT2D eigenvalue weighted by atomic mass is 32.1. The van der Waals surface area contributed by atoms with Gasteiger partial charge in [0.2, 0.25) is 11.8 Å². The van der Waals surface area contributed by atoms with Gasteiger partial charge in [-0.15, -0.1) is 5.10 Å². The maximum Gasteiger partial charge on any atom is 0.261 e. The van der Waals surface area contributed by atoms with Gasteiger partial charge in [-0.05, 0) is 12.1 Å². The zero-order valence-corrected chi connectivity index (χ0v) is 14.8. The number of aryl methyl sites for hydroxylation is 1. The van der Waals surface area contributed by atoms with Crippen molar-refractivity contribution in [3.05, 3.63) is 36.0 Å². The number of nitrogens with zero attached hydrogens (tertiary/aromatic N) is 4. The lowest BCUT2D eigenvalue weighted by atomic mass is 10.3. The minimum absolute atomic E-state index is 0.104. The van der Waals surface area contributed by atoms with Crippen LogP contribution in [0.15, 0.2) is 30.5 Å². The number of hydrogen-bond donors (Lipinski definition) is 1. The molecule has 0 unspecified atom stereocenters. The van der Waals surface area contributed by atoms with E-state index in [0.717, 1.165) is 10.2 Å². The standard InChI is InChI=1S/C16H17N5O3S/c1-20(15(23)10-8-21(2)19-14(10)24-3)9-13(22)18-16-17-11-6-4-5-7-12(11)25-16/h4-8H,9H2,1-3H3,(H,17,18,22). The number of amides is 2. The molecule has 1 aromatic carbocycles. The number of aromatic nitrogens is 3. The van der Waals surface area contributed by atoms with Crippen molar-refractivity contribution in [2.75, 3.05) is 26.0 Å². The number of thiazole rings is 1. The van der Waals surface area contributed by atoms with Crippen molar-refractivity contribution in [3.63, 3.8) is 0 Å². The molecular weight excluding hydrogens is 342 g/mol. The SMILES string of the molecule is COc1nn(C)cc1C(=O)N(C)CC(=O)Nc1nc2ccccc2s1. The van der Waals surface area contributed by atoms with Crippen molar-refractivity contribution in [2.45, 2.75) is 0 Å². The van der Waals surface area contributed by atoms with Gasteiger partial charge in [0.05, 0.1) is 23.9 Å². The first-order valence-electron chi connectivity index (χ1n) is 7.46. The lowest BCUT2D eigenvalue weighted by molar-refractivity contribution is -0.116. The monoisotopic (exact) mass is 359 g/mol. The quantitative estimate of drug-likeness (QED) is 0.750. The minimum atomic E-state index is -0.343. The highest BCUT2D eigenvalue weighted by Crippen LogP contribution is 2.25. The zero-order valence-electron chi connectivity index (χ0n) is 14.0. The molecule has 2 aromatic heterocycles. The second kappa shape index (κ2) is 6.89. The summed E-state index contributed by atoms with van der Waals surface area (Å²) in [7, 11) is 4.69. The fraction of sp³-hybridized carbons (Fsp3) is 0.250. The molecule has 3 rings (SSSR count). The van der Waals surface area contributed by atoms with Crippen LogP contribution in [0.3, 0.4) is 0 Å². The van der Waals surface area contributed by atoms with Gasteiger partial charge in [-0.25, -0.2) is 4.98 Å². The molecule has 9 heteroatoms. The van der Waals surface area contributed by atoms with E-state index < -0.39 is 0 Å². The van der Waals surface area contributed by atoms with E-state index in [-0.39, 0.29) is 24.2 Å². The average Bonchev–Trinajstić information content (AvgIpc) is 3.15. The van der Waals surface area contributed by atoms with E-state index in [0.29, 0.717) is 10.7 Å². The fourth-order valence-corrected chi connectivity index (χ4v) is 3.22. The number of hydrogen-bond acceptors (Lipinski definition) is 6. The number of carbonyl (C=O) groups excluding carboxylic acids is 2.